The fourth-order valence-corrected chi connectivity index (χ4v) is 3.22. The number of methoxy groups -OCH3 is 2. The lowest BCUT2D eigenvalue weighted by atomic mass is 9.82. The zero-order valence-corrected chi connectivity index (χ0v) is 17.0. The minimum absolute atomic E-state index is 0.149. The van der Waals surface area contributed by atoms with Gasteiger partial charge in [0.15, 0.2) is 23.0 Å². The largest absolute Gasteiger partial charge is 0.503 e. The molecule has 2 rings (SSSR count). The lowest BCUT2D eigenvalue weighted by Gasteiger charge is -2.29. The maximum Gasteiger partial charge on any atom is 0.290 e. The average molecular weight is 375 g/mol. The van der Waals surface area contributed by atoms with Gasteiger partial charge in [0.2, 0.25) is 0 Å². The quantitative estimate of drug-likeness (QED) is 0.784. The topological polar surface area (TPSA) is 76.1 Å². The Balaban J connectivity index is 2.61. The second-order valence-electron chi connectivity index (χ2n) is 7.71. The highest BCUT2D eigenvalue weighted by atomic mass is 16.5. The van der Waals surface area contributed by atoms with Crippen LogP contribution in [0.4, 0.5) is 0 Å². The van der Waals surface area contributed by atoms with Gasteiger partial charge < -0.3 is 19.5 Å². The van der Waals surface area contributed by atoms with E-state index in [2.05, 4.69) is 0 Å². The maximum absolute atomic E-state index is 13.1. The Morgan fingerprint density at radius 2 is 1.81 bits per heavy atom. The Morgan fingerprint density at radius 1 is 1.19 bits per heavy atom. The molecule has 1 aromatic carbocycles. The van der Waals surface area contributed by atoms with Gasteiger partial charge in [-0.2, -0.15) is 0 Å². The van der Waals surface area contributed by atoms with E-state index in [1.165, 1.54) is 7.11 Å². The molecule has 1 atom stereocenters. The van der Waals surface area contributed by atoms with Crippen LogP contribution in [0.15, 0.2) is 29.5 Å². The van der Waals surface area contributed by atoms with Crippen LogP contribution in [0.5, 0.6) is 11.5 Å². The standard InChI is InChI=1S/C21H29NO5/c1-7-8-11-22-17(13-9-10-14(26-5)15(12-13)27-6)16(18(23)20(22)25)19(24)21(2,3)4/h9-10,12,17,23H,7-8,11H2,1-6H3. The number of unbranched alkanes of at least 4 members (excludes halogenated alkanes) is 1. The first-order valence-electron chi connectivity index (χ1n) is 9.18. The van der Waals surface area contributed by atoms with E-state index in [-0.39, 0.29) is 11.4 Å². The van der Waals surface area contributed by atoms with Crippen LogP contribution in [0.3, 0.4) is 0 Å². The fraction of sp³-hybridized carbons (Fsp3) is 0.524. The Morgan fingerprint density at radius 3 is 2.33 bits per heavy atom. The van der Waals surface area contributed by atoms with Crippen LogP contribution in [-0.2, 0) is 9.59 Å². The lowest BCUT2D eigenvalue weighted by molar-refractivity contribution is -0.129. The molecule has 0 bridgehead atoms. The van der Waals surface area contributed by atoms with Crippen molar-refractivity contribution in [2.45, 2.75) is 46.6 Å². The smallest absolute Gasteiger partial charge is 0.290 e. The van der Waals surface area contributed by atoms with Crippen molar-refractivity contribution in [1.29, 1.82) is 0 Å². The zero-order chi connectivity index (χ0) is 20.4. The lowest BCUT2D eigenvalue weighted by Crippen LogP contribution is -2.33. The Hall–Kier alpha value is -2.50. The fourth-order valence-electron chi connectivity index (χ4n) is 3.22. The molecular formula is C21H29NO5. The number of hydrogen-bond donors (Lipinski definition) is 1. The van der Waals surface area contributed by atoms with Gasteiger partial charge in [-0.05, 0) is 24.1 Å². The van der Waals surface area contributed by atoms with E-state index in [1.807, 2.05) is 6.92 Å². The molecule has 1 aliphatic heterocycles. The van der Waals surface area contributed by atoms with Crippen LogP contribution in [0.25, 0.3) is 0 Å². The SMILES string of the molecule is CCCCN1C(=O)C(O)=C(C(=O)C(C)(C)C)C1c1ccc(OC)c(OC)c1. The number of nitrogens with zero attached hydrogens (tertiary/aromatic N) is 1. The average Bonchev–Trinajstić information content (AvgIpc) is 2.88. The van der Waals surface area contributed by atoms with E-state index in [0.717, 1.165) is 12.8 Å². The number of benzene rings is 1. The first kappa shape index (κ1) is 20.8. The summed E-state index contributed by atoms with van der Waals surface area (Å²) in [6.07, 6.45) is 1.67. The van der Waals surface area contributed by atoms with Crippen LogP contribution in [0.2, 0.25) is 0 Å². The third-order valence-corrected chi connectivity index (χ3v) is 4.71. The maximum atomic E-state index is 13.1. The predicted octanol–water partition coefficient (Wildman–Crippen LogP) is 3.81. The van der Waals surface area contributed by atoms with Gasteiger partial charge in [0.1, 0.15) is 0 Å². The summed E-state index contributed by atoms with van der Waals surface area (Å²) in [7, 11) is 3.08. The number of hydrogen-bond acceptors (Lipinski definition) is 5. The van der Waals surface area contributed by atoms with Crippen molar-refractivity contribution in [2.24, 2.45) is 5.41 Å². The second kappa shape index (κ2) is 8.03. The predicted molar refractivity (Wildman–Crippen MR) is 103 cm³/mol. The number of ether oxygens (including phenoxy) is 2. The summed E-state index contributed by atoms with van der Waals surface area (Å²) in [5.41, 5.74) is 0.128. The number of rotatable bonds is 7. The normalized spacial score (nSPS) is 17.5. The van der Waals surface area contributed by atoms with Gasteiger partial charge in [0.25, 0.3) is 5.91 Å². The molecule has 1 unspecified atom stereocenters. The summed E-state index contributed by atoms with van der Waals surface area (Å²) >= 11 is 0. The number of amides is 1. The minimum Gasteiger partial charge on any atom is -0.503 e. The van der Waals surface area contributed by atoms with Gasteiger partial charge in [-0.15, -0.1) is 0 Å². The first-order chi connectivity index (χ1) is 12.7. The molecule has 1 heterocycles. The highest BCUT2D eigenvalue weighted by Crippen LogP contribution is 2.43. The number of carbonyl (C=O) groups is 2. The summed E-state index contributed by atoms with van der Waals surface area (Å²) < 4.78 is 10.7. The molecule has 1 N–H and O–H groups in total. The first-order valence-corrected chi connectivity index (χ1v) is 9.18. The van der Waals surface area contributed by atoms with Gasteiger partial charge >= 0.3 is 0 Å². The van der Waals surface area contributed by atoms with E-state index in [1.54, 1.807) is 51.0 Å². The van der Waals surface area contributed by atoms with Gasteiger partial charge in [0, 0.05) is 12.0 Å². The van der Waals surface area contributed by atoms with Crippen molar-refractivity contribution in [1.82, 2.24) is 4.90 Å². The van der Waals surface area contributed by atoms with E-state index in [0.29, 0.717) is 23.6 Å². The van der Waals surface area contributed by atoms with Crippen molar-refractivity contribution in [3.63, 3.8) is 0 Å². The minimum atomic E-state index is -0.723. The third-order valence-electron chi connectivity index (χ3n) is 4.71. The molecule has 0 saturated heterocycles. The van der Waals surface area contributed by atoms with Crippen molar-refractivity contribution in [3.8, 4) is 11.5 Å². The van der Waals surface area contributed by atoms with Crippen molar-refractivity contribution < 1.29 is 24.2 Å². The molecule has 1 amide bonds. The summed E-state index contributed by atoms with van der Waals surface area (Å²) in [6.45, 7) is 7.82. The van der Waals surface area contributed by atoms with Gasteiger partial charge in [-0.1, -0.05) is 40.2 Å². The summed E-state index contributed by atoms with van der Waals surface area (Å²) in [5, 5.41) is 10.5. The molecule has 6 heteroatoms. The van der Waals surface area contributed by atoms with Crippen molar-refractivity contribution in [2.75, 3.05) is 20.8 Å². The van der Waals surface area contributed by atoms with E-state index in [4.69, 9.17) is 9.47 Å². The molecule has 0 aliphatic carbocycles. The summed E-state index contributed by atoms with van der Waals surface area (Å²) in [6, 6.07) is 4.65. The second-order valence-corrected chi connectivity index (χ2v) is 7.71. The molecule has 0 aromatic heterocycles. The molecule has 148 valence electrons. The number of carbonyl (C=O) groups excluding carboxylic acids is 2. The van der Waals surface area contributed by atoms with Crippen molar-refractivity contribution in [3.05, 3.63) is 35.1 Å². The highest BCUT2D eigenvalue weighted by molar-refractivity contribution is 6.10. The van der Waals surface area contributed by atoms with Crippen LogP contribution in [0.1, 0.15) is 52.1 Å². The van der Waals surface area contributed by atoms with Crippen LogP contribution in [-0.4, -0.2) is 42.5 Å². The van der Waals surface area contributed by atoms with Crippen LogP contribution >= 0.6 is 0 Å². The molecule has 6 nitrogen and oxygen atoms in total. The zero-order valence-electron chi connectivity index (χ0n) is 17.0. The van der Waals surface area contributed by atoms with Gasteiger partial charge in [-0.3, -0.25) is 9.59 Å². The van der Waals surface area contributed by atoms with E-state index in [9.17, 15) is 14.7 Å². The molecular weight excluding hydrogens is 346 g/mol. The molecule has 1 aromatic rings. The van der Waals surface area contributed by atoms with Crippen LogP contribution < -0.4 is 9.47 Å². The van der Waals surface area contributed by atoms with E-state index < -0.39 is 23.1 Å². The Labute approximate surface area is 160 Å². The molecule has 0 fully saturated rings. The summed E-state index contributed by atoms with van der Waals surface area (Å²) in [4.78, 5) is 27.3. The number of aliphatic hydroxyl groups excluding tert-OH is 1. The number of Topliss-reactive ketones (excluding diaryl/α,β-unsaturated/α-hetero) is 1. The molecule has 0 radical (unpaired) electrons. The van der Waals surface area contributed by atoms with E-state index >= 15 is 0 Å². The van der Waals surface area contributed by atoms with Gasteiger partial charge in [-0.25, -0.2) is 0 Å². The molecule has 0 saturated carbocycles. The third kappa shape index (κ3) is 3.94. The number of ketones is 1. The molecule has 0 spiro atoms. The highest BCUT2D eigenvalue weighted by Gasteiger charge is 2.45. The monoisotopic (exact) mass is 375 g/mol. The molecule has 27 heavy (non-hydrogen) atoms. The van der Waals surface area contributed by atoms with Crippen molar-refractivity contribution >= 4 is 11.7 Å². The summed E-state index contributed by atoms with van der Waals surface area (Å²) in [5.74, 6) is -0.136. The molecule has 1 aliphatic rings. The number of aliphatic hydroxyl groups is 1. The Bertz CT molecular complexity index is 760. The van der Waals surface area contributed by atoms with Crippen LogP contribution in [0, 0.1) is 5.41 Å². The van der Waals surface area contributed by atoms with Gasteiger partial charge in [0.05, 0.1) is 25.8 Å². The Kier molecular flexibility index (Phi) is 6.19.